The lowest BCUT2D eigenvalue weighted by atomic mass is 9.76. The number of hydrogen-bond donors (Lipinski definition) is 0. The topological polar surface area (TPSA) is 93.6 Å². The van der Waals surface area contributed by atoms with Gasteiger partial charge in [0, 0.05) is 21.0 Å². The molecule has 6 rings (SSSR count). The molecule has 2 amide bonds. The molecule has 1 aliphatic carbocycles. The summed E-state index contributed by atoms with van der Waals surface area (Å²) in [5, 5.41) is 0.626. The van der Waals surface area contributed by atoms with Crippen molar-refractivity contribution in [1.82, 2.24) is 4.98 Å². The number of halogens is 1. The van der Waals surface area contributed by atoms with Crippen molar-refractivity contribution in [3.63, 3.8) is 0 Å². The Bertz CT molecular complexity index is 1730. The summed E-state index contributed by atoms with van der Waals surface area (Å²) in [6.45, 7) is 3.67. The minimum Gasteiger partial charge on any atom is -0.454 e. The third-order valence-electron chi connectivity index (χ3n) is 8.29. The number of carbonyl (C=O) groups is 4. The zero-order valence-corrected chi connectivity index (χ0v) is 24.9. The molecule has 1 aliphatic heterocycles. The van der Waals surface area contributed by atoms with Crippen LogP contribution in [0.25, 0.3) is 22.2 Å². The number of aryl methyl sites for hydroxylation is 1. The van der Waals surface area contributed by atoms with Gasteiger partial charge >= 0.3 is 5.97 Å². The largest absolute Gasteiger partial charge is 0.454 e. The van der Waals surface area contributed by atoms with Gasteiger partial charge < -0.3 is 4.74 Å². The maximum atomic E-state index is 13.3. The zero-order chi connectivity index (χ0) is 29.5. The summed E-state index contributed by atoms with van der Waals surface area (Å²) in [5.41, 5.74) is 4.10. The van der Waals surface area contributed by atoms with Gasteiger partial charge in [0.15, 0.2) is 12.4 Å². The Kier molecular flexibility index (Phi) is 7.49. The molecule has 0 bridgehead atoms. The van der Waals surface area contributed by atoms with Gasteiger partial charge in [0.05, 0.1) is 34.3 Å². The number of rotatable bonds is 6. The van der Waals surface area contributed by atoms with Crippen molar-refractivity contribution >= 4 is 56.1 Å². The first-order chi connectivity index (χ1) is 20.2. The third kappa shape index (κ3) is 5.27. The van der Waals surface area contributed by atoms with E-state index in [0.29, 0.717) is 44.9 Å². The van der Waals surface area contributed by atoms with Gasteiger partial charge in [0.1, 0.15) is 0 Å². The van der Waals surface area contributed by atoms with E-state index in [-0.39, 0.29) is 29.4 Å². The first kappa shape index (κ1) is 28.0. The van der Waals surface area contributed by atoms with Crippen LogP contribution in [0.15, 0.2) is 77.3 Å². The molecule has 0 N–H and O–H groups in total. The van der Waals surface area contributed by atoms with Crippen LogP contribution >= 0.6 is 15.9 Å². The lowest BCUT2D eigenvalue weighted by Crippen LogP contribution is -2.30. The first-order valence-electron chi connectivity index (χ1n) is 14.0. The Morgan fingerprint density at radius 1 is 0.929 bits per heavy atom. The summed E-state index contributed by atoms with van der Waals surface area (Å²) in [7, 11) is 0. The van der Waals surface area contributed by atoms with Crippen LogP contribution in [0.1, 0.15) is 52.5 Å². The maximum Gasteiger partial charge on any atom is 0.339 e. The molecular weight excluding hydrogens is 596 g/mol. The molecule has 2 fully saturated rings. The quantitative estimate of drug-likeness (QED) is 0.131. The number of Topliss-reactive ketones (excluding diaryl/α,β-unsaturated/α-hetero) is 1. The highest BCUT2D eigenvalue weighted by molar-refractivity contribution is 9.10. The van der Waals surface area contributed by atoms with E-state index >= 15 is 0 Å². The highest BCUT2D eigenvalue weighted by Gasteiger charge is 2.49. The molecule has 42 heavy (non-hydrogen) atoms. The number of pyridine rings is 1. The Morgan fingerprint density at radius 2 is 1.64 bits per heavy atom. The van der Waals surface area contributed by atoms with Gasteiger partial charge in [0.2, 0.25) is 11.8 Å². The summed E-state index contributed by atoms with van der Waals surface area (Å²) in [6.07, 6.45) is 2.46. The smallest absolute Gasteiger partial charge is 0.339 e. The molecule has 8 heteroatoms. The maximum absolute atomic E-state index is 13.3. The van der Waals surface area contributed by atoms with Crippen molar-refractivity contribution in [3.8, 4) is 11.3 Å². The number of benzene rings is 3. The third-order valence-corrected chi connectivity index (χ3v) is 8.82. The molecule has 0 unspecified atom stereocenters. The second-order valence-corrected chi connectivity index (χ2v) is 12.2. The van der Waals surface area contributed by atoms with Gasteiger partial charge in [0.25, 0.3) is 0 Å². The average molecular weight is 626 g/mol. The van der Waals surface area contributed by atoms with Gasteiger partial charge in [-0.25, -0.2) is 9.78 Å². The normalized spacial score (nSPS) is 20.1. The van der Waals surface area contributed by atoms with Gasteiger partial charge in [-0.15, -0.1) is 0 Å². The van der Waals surface area contributed by atoms with Crippen molar-refractivity contribution in [1.29, 1.82) is 0 Å². The summed E-state index contributed by atoms with van der Waals surface area (Å²) in [4.78, 5) is 58.3. The van der Waals surface area contributed by atoms with Crippen LogP contribution in [0.5, 0.6) is 0 Å². The average Bonchev–Trinajstić information content (AvgIpc) is 3.24. The lowest BCUT2D eigenvalue weighted by molar-refractivity contribution is -0.122. The highest BCUT2D eigenvalue weighted by atomic mass is 79.9. The van der Waals surface area contributed by atoms with E-state index in [4.69, 9.17) is 9.72 Å². The van der Waals surface area contributed by atoms with E-state index in [1.165, 1.54) is 4.90 Å². The summed E-state index contributed by atoms with van der Waals surface area (Å²) in [5.74, 6) is -1.20. The fourth-order valence-corrected chi connectivity index (χ4v) is 6.27. The molecule has 212 valence electrons. The second-order valence-electron chi connectivity index (χ2n) is 11.3. The number of carbonyl (C=O) groups excluding carboxylic acids is 4. The van der Waals surface area contributed by atoms with Crippen molar-refractivity contribution < 1.29 is 23.9 Å². The Morgan fingerprint density at radius 3 is 2.38 bits per heavy atom. The van der Waals surface area contributed by atoms with Crippen LogP contribution in [0.2, 0.25) is 0 Å². The molecule has 3 aromatic carbocycles. The molecule has 1 aromatic heterocycles. The minimum absolute atomic E-state index is 0.119. The van der Waals surface area contributed by atoms with Crippen LogP contribution < -0.4 is 4.90 Å². The number of ether oxygens (including phenoxy) is 1. The first-order valence-corrected chi connectivity index (χ1v) is 14.8. The zero-order valence-electron chi connectivity index (χ0n) is 23.3. The standard InChI is InChI=1S/C34H29BrN2O5/c1-19-3-13-25-27(16-19)33(40)37(32(25)39)24-11-7-21(8-12-24)30-17-28(26-15-20(2)4-14-29(26)36-30)34(41)42-18-31(38)22-5-9-23(35)10-6-22/h4-12,14-15,17,19,25,27H,3,13,16,18H2,1-2H3/t19-,25+,27+/m0/s1. The van der Waals surface area contributed by atoms with Gasteiger partial charge in [-0.2, -0.15) is 0 Å². The number of aromatic nitrogens is 1. The predicted octanol–water partition coefficient (Wildman–Crippen LogP) is 6.94. The van der Waals surface area contributed by atoms with Gasteiger partial charge in [-0.3, -0.25) is 19.3 Å². The molecule has 3 atom stereocenters. The molecule has 0 spiro atoms. The van der Waals surface area contributed by atoms with Crippen LogP contribution in [-0.2, 0) is 14.3 Å². The monoisotopic (exact) mass is 624 g/mol. The number of hydrogen-bond acceptors (Lipinski definition) is 6. The van der Waals surface area contributed by atoms with E-state index in [0.717, 1.165) is 29.3 Å². The SMILES string of the molecule is Cc1ccc2nc(-c3ccc(N4C(=O)[C@@H]5CC[C@H](C)C[C@H]5C4=O)cc3)cc(C(=O)OCC(=O)c3ccc(Br)cc3)c2c1. The second kappa shape index (κ2) is 11.2. The van der Waals surface area contributed by atoms with E-state index < -0.39 is 12.6 Å². The van der Waals surface area contributed by atoms with E-state index in [2.05, 4.69) is 22.9 Å². The summed E-state index contributed by atoms with van der Waals surface area (Å²) in [6, 6.07) is 21.3. The Labute approximate surface area is 252 Å². The lowest BCUT2D eigenvalue weighted by Gasteiger charge is -2.25. The molecule has 1 saturated heterocycles. The van der Waals surface area contributed by atoms with Crippen molar-refractivity contribution in [2.75, 3.05) is 11.5 Å². The minimum atomic E-state index is -0.624. The van der Waals surface area contributed by atoms with Crippen LogP contribution in [0, 0.1) is 24.7 Å². The fourth-order valence-electron chi connectivity index (χ4n) is 6.01. The molecule has 0 radical (unpaired) electrons. The molecular formula is C34H29BrN2O5. The van der Waals surface area contributed by atoms with E-state index in [9.17, 15) is 19.2 Å². The molecule has 4 aromatic rings. The van der Waals surface area contributed by atoms with Crippen molar-refractivity contribution in [2.24, 2.45) is 17.8 Å². The summed E-state index contributed by atoms with van der Waals surface area (Å²) < 4.78 is 6.32. The van der Waals surface area contributed by atoms with Crippen LogP contribution in [0.3, 0.4) is 0 Å². The number of ketones is 1. The fraction of sp³-hybridized carbons (Fsp3) is 0.265. The van der Waals surface area contributed by atoms with Gasteiger partial charge in [-0.05, 0) is 74.6 Å². The number of fused-ring (bicyclic) bond motifs is 2. The van der Waals surface area contributed by atoms with E-state index in [1.807, 2.05) is 25.1 Å². The van der Waals surface area contributed by atoms with Crippen molar-refractivity contribution in [2.45, 2.75) is 33.1 Å². The molecule has 1 saturated carbocycles. The predicted molar refractivity (Wildman–Crippen MR) is 163 cm³/mol. The van der Waals surface area contributed by atoms with Gasteiger partial charge in [-0.1, -0.05) is 58.7 Å². The van der Waals surface area contributed by atoms with Crippen LogP contribution in [0.4, 0.5) is 5.69 Å². The number of imide groups is 1. The molecule has 7 nitrogen and oxygen atoms in total. The molecule has 2 heterocycles. The summed E-state index contributed by atoms with van der Waals surface area (Å²) >= 11 is 3.35. The number of anilines is 1. The number of amides is 2. The van der Waals surface area contributed by atoms with E-state index in [1.54, 1.807) is 54.6 Å². The number of nitrogens with zero attached hydrogens (tertiary/aromatic N) is 2. The van der Waals surface area contributed by atoms with Crippen LogP contribution in [-0.4, -0.2) is 35.2 Å². The molecule has 2 aliphatic rings. The number of esters is 1. The Balaban J connectivity index is 1.27. The van der Waals surface area contributed by atoms with Crippen molar-refractivity contribution in [3.05, 3.63) is 94.0 Å². The highest BCUT2D eigenvalue weighted by Crippen LogP contribution is 2.42. The Hall–Kier alpha value is -4.17.